The number of hydrogen-bond donors (Lipinski definition) is 0. The van der Waals surface area contributed by atoms with Crippen molar-refractivity contribution in [1.82, 2.24) is 0 Å². The van der Waals surface area contributed by atoms with E-state index in [0.717, 1.165) is 23.1 Å². The highest BCUT2D eigenvalue weighted by atomic mass is 28.4. The van der Waals surface area contributed by atoms with Crippen molar-refractivity contribution in [1.29, 1.82) is 0 Å². The second-order valence-electron chi connectivity index (χ2n) is 13.4. The van der Waals surface area contributed by atoms with Gasteiger partial charge < -0.3 is 13.6 Å². The Morgan fingerprint density at radius 2 is 1.57 bits per heavy atom. The summed E-state index contributed by atoms with van der Waals surface area (Å²) in [4.78, 5) is 0. The summed E-state index contributed by atoms with van der Waals surface area (Å²) in [6, 6.07) is 4.17. The van der Waals surface area contributed by atoms with Gasteiger partial charge in [-0.05, 0) is 41.8 Å². The third-order valence-corrected chi connectivity index (χ3v) is 16.4. The van der Waals surface area contributed by atoms with Gasteiger partial charge in [-0.25, -0.2) is 0 Å². The van der Waals surface area contributed by atoms with Crippen LogP contribution in [0.5, 0.6) is 5.75 Å². The molecule has 192 valence electrons. The zero-order chi connectivity index (χ0) is 26.4. The maximum absolute atomic E-state index is 6.47. The van der Waals surface area contributed by atoms with E-state index < -0.39 is 24.5 Å². The van der Waals surface area contributed by atoms with Gasteiger partial charge in [-0.3, -0.25) is 0 Å². The number of rotatable bonds is 9. The van der Waals surface area contributed by atoms with Gasteiger partial charge in [0, 0.05) is 17.6 Å². The number of furan rings is 1. The smallest absolute Gasteiger partial charge is 0.191 e. The Bertz CT molecular complexity index is 1180. The summed E-state index contributed by atoms with van der Waals surface area (Å²) < 4.78 is 18.1. The van der Waals surface area contributed by atoms with E-state index in [1.165, 1.54) is 16.7 Å². The summed E-state index contributed by atoms with van der Waals surface area (Å²) in [5, 5.41) is 4.66. The predicted molar refractivity (Wildman–Crippen MR) is 160 cm³/mol. The lowest BCUT2D eigenvalue weighted by Crippen LogP contribution is -2.41. The van der Waals surface area contributed by atoms with E-state index in [1.54, 1.807) is 17.5 Å². The van der Waals surface area contributed by atoms with Crippen LogP contribution >= 0.6 is 0 Å². The summed E-state index contributed by atoms with van der Waals surface area (Å²) in [5.41, 5.74) is 4.60. The highest BCUT2D eigenvalue weighted by Gasteiger charge is 2.37. The molecule has 1 heterocycles. The monoisotopic (exact) mass is 526 g/mol. The molecule has 3 rings (SSSR count). The van der Waals surface area contributed by atoms with Crippen LogP contribution in [-0.4, -0.2) is 38.2 Å². The fourth-order valence-electron chi connectivity index (χ4n) is 4.45. The molecule has 0 radical (unpaired) electrons. The van der Waals surface area contributed by atoms with Gasteiger partial charge >= 0.3 is 0 Å². The lowest BCUT2D eigenvalue weighted by atomic mass is 10.0. The average molecular weight is 527 g/mol. The van der Waals surface area contributed by atoms with Crippen LogP contribution < -0.4 is 4.74 Å². The molecule has 0 saturated carbocycles. The standard InChI is InChI=1S/C29H46O3Si3/c1-29(2,3)35(11,12)32-18-17-23-20-31-27-24(30-4)16-15-21(26(23)27)13-14-22-19-25(33(5,6)7)28(22)34(8,9)10/h13-16,19-20H,17-18H2,1-12H3/b14-13+. The second kappa shape index (κ2) is 9.69. The molecule has 0 amide bonds. The van der Waals surface area contributed by atoms with Crippen LogP contribution in [0, 0.1) is 0 Å². The molecule has 0 bridgehead atoms. The average Bonchev–Trinajstić information content (AvgIpc) is 3.08. The molecule has 0 N–H and O–H groups in total. The van der Waals surface area contributed by atoms with E-state index >= 15 is 0 Å². The van der Waals surface area contributed by atoms with E-state index in [9.17, 15) is 0 Å². The van der Waals surface area contributed by atoms with Gasteiger partial charge in [0.05, 0.1) is 29.5 Å². The third kappa shape index (κ3) is 5.87. The molecule has 1 aliphatic rings. The van der Waals surface area contributed by atoms with Crippen molar-refractivity contribution >= 4 is 41.5 Å². The Balaban J connectivity index is 1.95. The van der Waals surface area contributed by atoms with Crippen molar-refractivity contribution in [2.75, 3.05) is 13.7 Å². The molecule has 0 fully saturated rings. The lowest BCUT2D eigenvalue weighted by Gasteiger charge is -2.38. The highest BCUT2D eigenvalue weighted by Crippen LogP contribution is 2.42. The van der Waals surface area contributed by atoms with Gasteiger partial charge in [0.15, 0.2) is 19.6 Å². The molecule has 0 atom stereocenters. The first-order valence-corrected chi connectivity index (χ1v) is 22.7. The number of benzene rings is 1. The van der Waals surface area contributed by atoms with Crippen LogP contribution in [-0.2, 0) is 10.8 Å². The van der Waals surface area contributed by atoms with Gasteiger partial charge in [0.25, 0.3) is 0 Å². The van der Waals surface area contributed by atoms with E-state index in [4.69, 9.17) is 13.6 Å². The number of methoxy groups -OCH3 is 1. The number of allylic oxidation sites excluding steroid dienone is 5. The van der Waals surface area contributed by atoms with E-state index in [2.05, 4.69) is 97.4 Å². The van der Waals surface area contributed by atoms with Crippen molar-refractivity contribution in [3.63, 3.8) is 0 Å². The van der Waals surface area contributed by atoms with Crippen LogP contribution in [0.4, 0.5) is 0 Å². The first-order valence-electron chi connectivity index (χ1n) is 12.8. The number of ether oxygens (including phenoxy) is 1. The Labute approximate surface area is 216 Å². The van der Waals surface area contributed by atoms with Crippen LogP contribution in [0.25, 0.3) is 17.0 Å². The molecule has 35 heavy (non-hydrogen) atoms. The molecule has 1 aromatic carbocycles. The Kier molecular flexibility index (Phi) is 7.74. The first-order chi connectivity index (χ1) is 16.0. The Hall–Kier alpha value is -1.61. The van der Waals surface area contributed by atoms with Crippen molar-refractivity contribution in [2.45, 2.75) is 84.6 Å². The van der Waals surface area contributed by atoms with Crippen molar-refractivity contribution < 1.29 is 13.6 Å². The molecule has 0 unspecified atom stereocenters. The van der Waals surface area contributed by atoms with E-state index in [1.807, 2.05) is 12.3 Å². The number of fused-ring (bicyclic) bond motifs is 1. The van der Waals surface area contributed by atoms with Crippen LogP contribution in [0.3, 0.4) is 0 Å². The van der Waals surface area contributed by atoms with Gasteiger partial charge in [-0.2, -0.15) is 0 Å². The molecule has 6 heteroatoms. The van der Waals surface area contributed by atoms with Gasteiger partial charge in [-0.1, -0.05) is 94.7 Å². The SMILES string of the molecule is COc1ccc(/C=C/C2=C([Si](C)(C)C)C([Si](C)(C)C)=C2)c2c(CCO[Si](C)(C)C(C)(C)C)coc12. The van der Waals surface area contributed by atoms with Gasteiger partial charge in [-0.15, -0.1) is 0 Å². The third-order valence-electron chi connectivity index (χ3n) is 7.51. The predicted octanol–water partition coefficient (Wildman–Crippen LogP) is 9.01. The Morgan fingerprint density at radius 1 is 0.914 bits per heavy atom. The maximum atomic E-state index is 6.47. The van der Waals surface area contributed by atoms with E-state index in [-0.39, 0.29) is 5.04 Å². The molecule has 0 saturated heterocycles. The molecule has 1 aliphatic carbocycles. The second-order valence-corrected chi connectivity index (χ2v) is 28.3. The van der Waals surface area contributed by atoms with Crippen molar-refractivity contribution in [3.05, 3.63) is 57.6 Å². The first kappa shape index (κ1) is 28.0. The molecule has 0 spiro atoms. The topological polar surface area (TPSA) is 31.6 Å². The summed E-state index contributed by atoms with van der Waals surface area (Å²) in [6.45, 7) is 26.9. The zero-order valence-corrected chi connectivity index (χ0v) is 27.1. The highest BCUT2D eigenvalue weighted by molar-refractivity contribution is 6.93. The number of hydrogen-bond acceptors (Lipinski definition) is 3. The molecule has 0 aliphatic heterocycles. The largest absolute Gasteiger partial charge is 0.493 e. The maximum Gasteiger partial charge on any atom is 0.191 e. The molecule has 3 nitrogen and oxygen atoms in total. The molecular formula is C29H46O3Si3. The molecule has 1 aromatic heterocycles. The Morgan fingerprint density at radius 3 is 2.11 bits per heavy atom. The quantitative estimate of drug-likeness (QED) is 0.305. The van der Waals surface area contributed by atoms with Crippen molar-refractivity contribution in [2.24, 2.45) is 0 Å². The van der Waals surface area contributed by atoms with Crippen molar-refractivity contribution in [3.8, 4) is 5.75 Å². The van der Waals surface area contributed by atoms with Crippen LogP contribution in [0.1, 0.15) is 31.9 Å². The zero-order valence-electron chi connectivity index (χ0n) is 24.1. The summed E-state index contributed by atoms with van der Waals surface area (Å²) in [7, 11) is -2.84. The minimum Gasteiger partial charge on any atom is -0.493 e. The minimum atomic E-state index is -1.79. The minimum absolute atomic E-state index is 0.204. The summed E-state index contributed by atoms with van der Waals surface area (Å²) in [5.74, 6) is 0.778. The fraction of sp³-hybridized carbons (Fsp3) is 0.517. The summed E-state index contributed by atoms with van der Waals surface area (Å²) >= 11 is 0. The summed E-state index contributed by atoms with van der Waals surface area (Å²) in [6.07, 6.45) is 9.75. The lowest BCUT2D eigenvalue weighted by molar-refractivity contribution is 0.292. The van der Waals surface area contributed by atoms with Crippen LogP contribution in [0.2, 0.25) is 57.4 Å². The molecule has 2 aromatic rings. The normalized spacial score (nSPS) is 15.7. The van der Waals surface area contributed by atoms with Gasteiger partial charge in [0.2, 0.25) is 0 Å². The fourth-order valence-corrected chi connectivity index (χ4v) is 11.1. The molecular weight excluding hydrogens is 481 g/mol. The van der Waals surface area contributed by atoms with Gasteiger partial charge in [0.1, 0.15) is 0 Å². The van der Waals surface area contributed by atoms with Crippen LogP contribution in [0.15, 0.2) is 50.9 Å². The van der Waals surface area contributed by atoms with E-state index in [0.29, 0.717) is 6.61 Å².